The Morgan fingerprint density at radius 1 is 1.15 bits per heavy atom. The Morgan fingerprint density at radius 3 is 2.60 bits per heavy atom. The van der Waals surface area contributed by atoms with Crippen LogP contribution in [-0.4, -0.2) is 39.6 Å². The van der Waals surface area contributed by atoms with Crippen LogP contribution < -0.4 is 5.32 Å². The average molecular weight is 274 g/mol. The van der Waals surface area contributed by atoms with E-state index in [-0.39, 0.29) is 0 Å². The average Bonchev–Trinajstić information content (AvgIpc) is 3.13. The molecular formula is C16H26N4. The lowest BCUT2D eigenvalue weighted by atomic mass is 9.82. The van der Waals surface area contributed by atoms with Crippen molar-refractivity contribution in [3.05, 3.63) is 18.2 Å². The fourth-order valence-electron chi connectivity index (χ4n) is 4.15. The maximum Gasteiger partial charge on any atom is 0.0951 e. The van der Waals surface area contributed by atoms with E-state index in [1.807, 2.05) is 0 Å². The van der Waals surface area contributed by atoms with Crippen molar-refractivity contribution in [2.75, 3.05) is 7.05 Å². The number of hydrogen-bond donors (Lipinski definition) is 1. The van der Waals surface area contributed by atoms with Crippen molar-refractivity contribution < 1.29 is 0 Å². The number of imidazole rings is 1. The lowest BCUT2D eigenvalue weighted by Gasteiger charge is -2.47. The molecule has 4 rings (SSSR count). The third-order valence-electron chi connectivity index (χ3n) is 5.60. The van der Waals surface area contributed by atoms with Crippen LogP contribution in [0.1, 0.15) is 56.7 Å². The van der Waals surface area contributed by atoms with Gasteiger partial charge >= 0.3 is 0 Å². The normalized spacial score (nSPS) is 34.4. The summed E-state index contributed by atoms with van der Waals surface area (Å²) >= 11 is 0. The summed E-state index contributed by atoms with van der Waals surface area (Å²) in [5.74, 6) is 0. The van der Waals surface area contributed by atoms with Crippen molar-refractivity contribution >= 4 is 0 Å². The number of aromatic nitrogens is 2. The highest BCUT2D eigenvalue weighted by Crippen LogP contribution is 2.38. The molecule has 1 aromatic rings. The van der Waals surface area contributed by atoms with E-state index in [9.17, 15) is 0 Å². The molecule has 20 heavy (non-hydrogen) atoms. The molecule has 0 spiro atoms. The molecule has 1 aliphatic carbocycles. The van der Waals surface area contributed by atoms with E-state index in [2.05, 4.69) is 39.3 Å². The molecule has 3 aliphatic rings. The molecule has 3 fully saturated rings. The van der Waals surface area contributed by atoms with Gasteiger partial charge in [-0.05, 0) is 45.6 Å². The minimum atomic E-state index is 0.667. The van der Waals surface area contributed by atoms with Crippen LogP contribution in [0.25, 0.3) is 0 Å². The van der Waals surface area contributed by atoms with Gasteiger partial charge in [-0.2, -0.15) is 0 Å². The van der Waals surface area contributed by atoms with Crippen molar-refractivity contribution in [2.45, 2.75) is 75.7 Å². The summed E-state index contributed by atoms with van der Waals surface area (Å²) in [5.41, 5.74) is 1.38. The first-order valence-electron chi connectivity index (χ1n) is 8.27. The van der Waals surface area contributed by atoms with Crippen LogP contribution in [0.5, 0.6) is 0 Å². The molecule has 0 radical (unpaired) electrons. The van der Waals surface area contributed by atoms with Crippen LogP contribution in [0.15, 0.2) is 12.5 Å². The largest absolute Gasteiger partial charge is 0.330 e. The first kappa shape index (κ1) is 12.8. The zero-order valence-corrected chi connectivity index (χ0v) is 12.5. The van der Waals surface area contributed by atoms with Crippen molar-refractivity contribution in [1.29, 1.82) is 0 Å². The molecule has 1 N–H and O–H groups in total. The Morgan fingerprint density at radius 2 is 1.90 bits per heavy atom. The highest BCUT2D eigenvalue weighted by molar-refractivity contribution is 5.04. The zero-order valence-electron chi connectivity index (χ0n) is 12.5. The van der Waals surface area contributed by atoms with E-state index in [0.29, 0.717) is 6.04 Å². The monoisotopic (exact) mass is 274 g/mol. The predicted octanol–water partition coefficient (Wildman–Crippen LogP) is 2.32. The van der Waals surface area contributed by atoms with Crippen molar-refractivity contribution in [3.63, 3.8) is 0 Å². The van der Waals surface area contributed by atoms with Crippen LogP contribution in [0, 0.1) is 0 Å². The molecular weight excluding hydrogens is 248 g/mol. The Hall–Kier alpha value is -0.870. The van der Waals surface area contributed by atoms with Crippen molar-refractivity contribution in [1.82, 2.24) is 19.8 Å². The second-order valence-corrected chi connectivity index (χ2v) is 6.98. The SMILES string of the molecule is CN1C2CCCC1CC(n1cncc1CNC1CC1)C2. The van der Waals surface area contributed by atoms with Gasteiger partial charge in [-0.1, -0.05) is 6.42 Å². The minimum absolute atomic E-state index is 0.667. The van der Waals surface area contributed by atoms with Gasteiger partial charge in [-0.3, -0.25) is 0 Å². The Labute approximate surface area is 121 Å². The van der Waals surface area contributed by atoms with Crippen LogP contribution in [0.2, 0.25) is 0 Å². The second-order valence-electron chi connectivity index (χ2n) is 6.98. The molecule has 2 atom stereocenters. The molecule has 0 amide bonds. The summed E-state index contributed by atoms with van der Waals surface area (Å²) in [6.45, 7) is 0.992. The van der Waals surface area contributed by atoms with Gasteiger partial charge in [0.2, 0.25) is 0 Å². The van der Waals surface area contributed by atoms with Gasteiger partial charge in [-0.15, -0.1) is 0 Å². The van der Waals surface area contributed by atoms with Gasteiger partial charge in [0, 0.05) is 36.9 Å². The first-order valence-corrected chi connectivity index (χ1v) is 8.27. The summed E-state index contributed by atoms with van der Waals surface area (Å²) < 4.78 is 2.47. The molecule has 1 saturated carbocycles. The molecule has 2 unspecified atom stereocenters. The third-order valence-corrected chi connectivity index (χ3v) is 5.60. The summed E-state index contributed by atoms with van der Waals surface area (Å²) in [5, 5.41) is 3.63. The number of rotatable bonds is 4. The molecule has 4 heteroatoms. The van der Waals surface area contributed by atoms with Gasteiger partial charge < -0.3 is 14.8 Å². The molecule has 2 saturated heterocycles. The predicted molar refractivity (Wildman–Crippen MR) is 79.5 cm³/mol. The van der Waals surface area contributed by atoms with E-state index >= 15 is 0 Å². The van der Waals surface area contributed by atoms with Gasteiger partial charge in [0.1, 0.15) is 0 Å². The molecule has 110 valence electrons. The Balaban J connectivity index is 1.48. The summed E-state index contributed by atoms with van der Waals surface area (Å²) in [6.07, 6.45) is 13.6. The van der Waals surface area contributed by atoms with Crippen LogP contribution >= 0.6 is 0 Å². The fraction of sp³-hybridized carbons (Fsp3) is 0.812. The standard InChI is InChI=1S/C16H26N4/c1-19-13-3-2-4-14(19)8-15(7-13)20-11-17-9-16(20)10-18-12-5-6-12/h9,11-15,18H,2-8,10H2,1H3. The van der Waals surface area contributed by atoms with Gasteiger partial charge in [-0.25, -0.2) is 4.98 Å². The highest BCUT2D eigenvalue weighted by atomic mass is 15.2. The molecule has 1 aromatic heterocycles. The number of nitrogens with zero attached hydrogens (tertiary/aromatic N) is 3. The summed E-state index contributed by atoms with van der Waals surface area (Å²) in [6, 6.07) is 3.02. The highest BCUT2D eigenvalue weighted by Gasteiger charge is 2.37. The smallest absolute Gasteiger partial charge is 0.0951 e. The molecule has 2 aliphatic heterocycles. The third kappa shape index (κ3) is 2.40. The number of fused-ring (bicyclic) bond motifs is 2. The number of piperidine rings is 2. The summed E-state index contributed by atoms with van der Waals surface area (Å²) in [4.78, 5) is 7.06. The fourth-order valence-corrected chi connectivity index (χ4v) is 4.15. The van der Waals surface area contributed by atoms with E-state index in [1.54, 1.807) is 0 Å². The van der Waals surface area contributed by atoms with Crippen molar-refractivity contribution in [3.8, 4) is 0 Å². The molecule has 2 bridgehead atoms. The maximum atomic E-state index is 4.42. The zero-order chi connectivity index (χ0) is 13.5. The van der Waals surface area contributed by atoms with Gasteiger partial charge in [0.15, 0.2) is 0 Å². The summed E-state index contributed by atoms with van der Waals surface area (Å²) in [7, 11) is 2.33. The van der Waals surface area contributed by atoms with E-state index < -0.39 is 0 Å². The van der Waals surface area contributed by atoms with Crippen LogP contribution in [0.4, 0.5) is 0 Å². The minimum Gasteiger partial charge on any atom is -0.330 e. The van der Waals surface area contributed by atoms with Crippen molar-refractivity contribution in [2.24, 2.45) is 0 Å². The van der Waals surface area contributed by atoms with Crippen LogP contribution in [0.3, 0.4) is 0 Å². The molecule has 3 heterocycles. The van der Waals surface area contributed by atoms with E-state index in [0.717, 1.165) is 24.7 Å². The Bertz CT molecular complexity index is 451. The number of nitrogens with one attached hydrogen (secondary N) is 1. The van der Waals surface area contributed by atoms with E-state index in [1.165, 1.54) is 50.6 Å². The lowest BCUT2D eigenvalue weighted by molar-refractivity contribution is 0.0393. The van der Waals surface area contributed by atoms with Gasteiger partial charge in [0.05, 0.1) is 12.0 Å². The molecule has 0 aromatic carbocycles. The van der Waals surface area contributed by atoms with Gasteiger partial charge in [0.25, 0.3) is 0 Å². The molecule has 4 nitrogen and oxygen atoms in total. The van der Waals surface area contributed by atoms with Crippen LogP contribution in [-0.2, 0) is 6.54 Å². The lowest BCUT2D eigenvalue weighted by Crippen LogP contribution is -2.50. The Kier molecular flexibility index (Phi) is 3.31. The first-order chi connectivity index (χ1) is 9.81. The second kappa shape index (κ2) is 5.15. The topological polar surface area (TPSA) is 33.1 Å². The number of hydrogen-bond acceptors (Lipinski definition) is 3. The maximum absolute atomic E-state index is 4.42. The quantitative estimate of drug-likeness (QED) is 0.915. The van der Waals surface area contributed by atoms with E-state index in [4.69, 9.17) is 0 Å².